The number of rotatable bonds is 5. The molecule has 4 nitrogen and oxygen atoms in total. The molecule has 2 N–H and O–H groups in total. The van der Waals surface area contributed by atoms with Gasteiger partial charge in [-0.3, -0.25) is 4.90 Å². The van der Waals surface area contributed by atoms with Crippen LogP contribution in [0, 0.1) is 11.8 Å². The summed E-state index contributed by atoms with van der Waals surface area (Å²) in [6, 6.07) is 5.68. The zero-order valence-corrected chi connectivity index (χ0v) is 12.6. The molecular weight excluding hydrogens is 254 g/mol. The van der Waals surface area contributed by atoms with Crippen molar-refractivity contribution in [3.8, 4) is 17.6 Å². The molecule has 0 heterocycles. The van der Waals surface area contributed by atoms with E-state index in [9.17, 15) is 5.11 Å². The number of aliphatic hydroxyl groups excluding tert-OH is 2. The molecule has 20 heavy (non-hydrogen) atoms. The number of methoxy groups -OCH3 is 1. The van der Waals surface area contributed by atoms with E-state index in [0.717, 1.165) is 16.9 Å². The Bertz CT molecular complexity index is 500. The largest absolute Gasteiger partial charge is 0.496 e. The number of hydrogen-bond acceptors (Lipinski definition) is 4. The monoisotopic (exact) mass is 277 g/mol. The fraction of sp³-hybridized carbons (Fsp3) is 0.500. The van der Waals surface area contributed by atoms with Crippen molar-refractivity contribution in [3.63, 3.8) is 0 Å². The molecule has 0 radical (unpaired) electrons. The summed E-state index contributed by atoms with van der Waals surface area (Å²) in [5.74, 6) is 6.32. The van der Waals surface area contributed by atoms with E-state index in [-0.39, 0.29) is 18.8 Å². The molecule has 0 saturated heterocycles. The second-order valence-corrected chi connectivity index (χ2v) is 5.31. The van der Waals surface area contributed by atoms with E-state index in [4.69, 9.17) is 9.84 Å². The van der Waals surface area contributed by atoms with Gasteiger partial charge in [0.2, 0.25) is 0 Å². The molecule has 4 heteroatoms. The van der Waals surface area contributed by atoms with E-state index in [2.05, 4.69) is 16.7 Å². The van der Waals surface area contributed by atoms with Crippen LogP contribution in [0.2, 0.25) is 0 Å². The first-order valence-corrected chi connectivity index (χ1v) is 6.53. The van der Waals surface area contributed by atoms with Crippen molar-refractivity contribution in [2.24, 2.45) is 0 Å². The molecule has 0 bridgehead atoms. The predicted molar refractivity (Wildman–Crippen MR) is 79.6 cm³/mol. The van der Waals surface area contributed by atoms with Gasteiger partial charge in [-0.25, -0.2) is 0 Å². The lowest BCUT2D eigenvalue weighted by Gasteiger charge is -2.34. The zero-order valence-electron chi connectivity index (χ0n) is 12.6. The summed E-state index contributed by atoms with van der Waals surface area (Å²) in [6.45, 7) is 4.53. The smallest absolute Gasteiger partial charge is 0.123 e. The average molecular weight is 277 g/mol. The maximum absolute atomic E-state index is 9.42. The number of likely N-dealkylation sites (N-methyl/N-ethyl adjacent to an activating group) is 1. The lowest BCUT2D eigenvalue weighted by Crippen LogP contribution is -2.43. The number of nitrogens with zero attached hydrogens (tertiary/aromatic N) is 1. The van der Waals surface area contributed by atoms with Gasteiger partial charge in [0.1, 0.15) is 12.4 Å². The summed E-state index contributed by atoms with van der Waals surface area (Å²) >= 11 is 0. The Morgan fingerprint density at radius 3 is 2.55 bits per heavy atom. The van der Waals surface area contributed by atoms with Crippen LogP contribution in [0.3, 0.4) is 0 Å². The molecule has 1 rings (SSSR count). The molecule has 0 aromatic heterocycles. The van der Waals surface area contributed by atoms with Gasteiger partial charge in [-0.1, -0.05) is 11.8 Å². The SMILES string of the molecule is COc1ccc(C#CCO)cc1CN(C)C(C)(C)CO. The van der Waals surface area contributed by atoms with Crippen molar-refractivity contribution in [2.45, 2.75) is 25.9 Å². The van der Waals surface area contributed by atoms with Crippen LogP contribution in [0.25, 0.3) is 0 Å². The minimum absolute atomic E-state index is 0.0792. The lowest BCUT2D eigenvalue weighted by atomic mass is 10.0. The third-order valence-electron chi connectivity index (χ3n) is 3.42. The van der Waals surface area contributed by atoms with E-state index >= 15 is 0 Å². The fourth-order valence-corrected chi connectivity index (χ4v) is 1.71. The van der Waals surface area contributed by atoms with E-state index in [0.29, 0.717) is 6.54 Å². The van der Waals surface area contributed by atoms with Gasteiger partial charge in [-0.05, 0) is 39.1 Å². The Kier molecular flexibility index (Phi) is 6.03. The molecule has 0 amide bonds. The number of ether oxygens (including phenoxy) is 1. The standard InChI is InChI=1S/C16H23NO3/c1-16(2,12-19)17(3)11-14-10-13(6-5-9-18)7-8-15(14)20-4/h7-8,10,18-19H,9,11-12H2,1-4H3. The summed E-state index contributed by atoms with van der Waals surface area (Å²) in [4.78, 5) is 2.06. The van der Waals surface area contributed by atoms with E-state index in [1.165, 1.54) is 0 Å². The van der Waals surface area contributed by atoms with Crippen LogP contribution in [0.5, 0.6) is 5.75 Å². The second-order valence-electron chi connectivity index (χ2n) is 5.31. The summed E-state index contributed by atoms with van der Waals surface area (Å²) in [5, 5.41) is 18.2. The number of hydrogen-bond donors (Lipinski definition) is 2. The molecule has 0 aliphatic heterocycles. The van der Waals surface area contributed by atoms with Crippen molar-refractivity contribution < 1.29 is 14.9 Å². The molecule has 0 atom stereocenters. The second kappa shape index (κ2) is 7.30. The Balaban J connectivity index is 3.02. The maximum atomic E-state index is 9.42. The van der Waals surface area contributed by atoms with Crippen LogP contribution in [0.1, 0.15) is 25.0 Å². The van der Waals surface area contributed by atoms with Gasteiger partial charge < -0.3 is 14.9 Å². The molecule has 0 aliphatic carbocycles. The Morgan fingerprint density at radius 1 is 1.30 bits per heavy atom. The van der Waals surface area contributed by atoms with Gasteiger partial charge in [0.05, 0.1) is 13.7 Å². The molecular formula is C16H23NO3. The van der Waals surface area contributed by atoms with Crippen molar-refractivity contribution >= 4 is 0 Å². The van der Waals surface area contributed by atoms with E-state index in [1.54, 1.807) is 7.11 Å². The first-order chi connectivity index (χ1) is 9.44. The quantitative estimate of drug-likeness (QED) is 0.795. The first kappa shape index (κ1) is 16.5. The topological polar surface area (TPSA) is 52.9 Å². The minimum Gasteiger partial charge on any atom is -0.496 e. The molecule has 110 valence electrons. The highest BCUT2D eigenvalue weighted by Crippen LogP contribution is 2.24. The van der Waals surface area contributed by atoms with Crippen molar-refractivity contribution in [1.82, 2.24) is 4.90 Å². The van der Waals surface area contributed by atoms with Gasteiger partial charge in [0, 0.05) is 23.2 Å². The minimum atomic E-state index is -0.308. The van der Waals surface area contributed by atoms with Gasteiger partial charge in [-0.15, -0.1) is 0 Å². The molecule has 0 aliphatic rings. The fourth-order valence-electron chi connectivity index (χ4n) is 1.71. The van der Waals surface area contributed by atoms with Gasteiger partial charge in [0.25, 0.3) is 0 Å². The van der Waals surface area contributed by atoms with E-state index in [1.807, 2.05) is 39.1 Å². The van der Waals surface area contributed by atoms with Crippen LogP contribution < -0.4 is 4.74 Å². The van der Waals surface area contributed by atoms with Crippen LogP contribution in [-0.4, -0.2) is 48.0 Å². The highest BCUT2D eigenvalue weighted by molar-refractivity contribution is 5.44. The first-order valence-electron chi connectivity index (χ1n) is 6.53. The summed E-state index contributed by atoms with van der Waals surface area (Å²) in [6.07, 6.45) is 0. The Morgan fingerprint density at radius 2 is 2.00 bits per heavy atom. The van der Waals surface area contributed by atoms with Gasteiger partial charge >= 0.3 is 0 Å². The maximum Gasteiger partial charge on any atom is 0.123 e. The van der Waals surface area contributed by atoms with Crippen LogP contribution >= 0.6 is 0 Å². The van der Waals surface area contributed by atoms with Gasteiger partial charge in [0.15, 0.2) is 0 Å². The molecule has 0 fully saturated rings. The Hall–Kier alpha value is -1.54. The van der Waals surface area contributed by atoms with Gasteiger partial charge in [-0.2, -0.15) is 0 Å². The molecule has 0 spiro atoms. The van der Waals surface area contributed by atoms with Crippen molar-refractivity contribution in [2.75, 3.05) is 27.4 Å². The summed E-state index contributed by atoms with van der Waals surface area (Å²) in [5.41, 5.74) is 1.53. The molecule has 0 unspecified atom stereocenters. The van der Waals surface area contributed by atoms with Crippen molar-refractivity contribution in [3.05, 3.63) is 29.3 Å². The zero-order chi connectivity index (χ0) is 15.2. The lowest BCUT2D eigenvalue weighted by molar-refractivity contribution is 0.0728. The van der Waals surface area contributed by atoms with Crippen molar-refractivity contribution in [1.29, 1.82) is 0 Å². The normalized spacial score (nSPS) is 11.2. The number of benzene rings is 1. The molecule has 0 saturated carbocycles. The summed E-state index contributed by atoms with van der Waals surface area (Å²) < 4.78 is 5.37. The molecule has 1 aromatic carbocycles. The van der Waals surface area contributed by atoms with Crippen LogP contribution in [-0.2, 0) is 6.54 Å². The number of aliphatic hydroxyl groups is 2. The third-order valence-corrected chi connectivity index (χ3v) is 3.42. The molecule has 1 aromatic rings. The highest BCUT2D eigenvalue weighted by atomic mass is 16.5. The summed E-state index contributed by atoms with van der Waals surface area (Å²) in [7, 11) is 3.59. The average Bonchev–Trinajstić information content (AvgIpc) is 2.45. The Labute approximate surface area is 121 Å². The van der Waals surface area contributed by atoms with E-state index < -0.39 is 0 Å². The van der Waals surface area contributed by atoms with Crippen LogP contribution in [0.4, 0.5) is 0 Å². The predicted octanol–water partition coefficient (Wildman–Crippen LogP) is 1.24. The highest BCUT2D eigenvalue weighted by Gasteiger charge is 2.23. The van der Waals surface area contributed by atoms with Crippen LogP contribution in [0.15, 0.2) is 18.2 Å². The third kappa shape index (κ3) is 4.24.